The molecular formula is C14H16ClNO2. The van der Waals surface area contributed by atoms with Gasteiger partial charge in [-0.3, -0.25) is 0 Å². The minimum Gasteiger partial charge on any atom is -0.481 e. The molecule has 0 bridgehead atoms. The lowest BCUT2D eigenvalue weighted by atomic mass is 10.1. The minimum atomic E-state index is -0.305. The summed E-state index contributed by atoms with van der Waals surface area (Å²) in [7, 11) is 0. The van der Waals surface area contributed by atoms with Crippen molar-refractivity contribution in [2.75, 3.05) is 0 Å². The normalized spacial score (nSPS) is 14.2. The fraction of sp³-hybridized carbons (Fsp3) is 0.286. The van der Waals surface area contributed by atoms with E-state index in [1.165, 1.54) is 0 Å². The van der Waals surface area contributed by atoms with Crippen LogP contribution >= 0.6 is 11.6 Å². The second kappa shape index (κ2) is 5.46. The summed E-state index contributed by atoms with van der Waals surface area (Å²) >= 11 is 5.98. The highest BCUT2D eigenvalue weighted by atomic mass is 35.5. The molecule has 0 saturated carbocycles. The van der Waals surface area contributed by atoms with E-state index in [1.54, 1.807) is 6.26 Å². The Labute approximate surface area is 111 Å². The molecule has 2 unspecified atom stereocenters. The van der Waals surface area contributed by atoms with Gasteiger partial charge in [-0.2, -0.15) is 0 Å². The third-order valence-electron chi connectivity index (χ3n) is 2.69. The first-order valence-electron chi connectivity index (χ1n) is 5.79. The monoisotopic (exact) mass is 265 g/mol. The Hall–Kier alpha value is -1.45. The number of halogens is 1. The number of hydrogen-bond acceptors (Lipinski definition) is 3. The molecule has 96 valence electrons. The van der Waals surface area contributed by atoms with Crippen molar-refractivity contribution >= 4 is 11.6 Å². The fourth-order valence-corrected chi connectivity index (χ4v) is 1.83. The van der Waals surface area contributed by atoms with Crippen molar-refractivity contribution in [3.05, 3.63) is 52.9 Å². The number of aryl methyl sites for hydroxylation is 1. The number of furan rings is 1. The average Bonchev–Trinajstić information content (AvgIpc) is 2.83. The van der Waals surface area contributed by atoms with E-state index in [0.29, 0.717) is 0 Å². The summed E-state index contributed by atoms with van der Waals surface area (Å²) in [5.41, 5.74) is 6.90. The van der Waals surface area contributed by atoms with E-state index in [0.717, 1.165) is 22.1 Å². The Morgan fingerprint density at radius 1 is 1.33 bits per heavy atom. The SMILES string of the molecule is Cc1cc(OC(c2ccco2)C(C)N)ccc1Cl. The molecule has 1 aromatic heterocycles. The highest BCUT2D eigenvalue weighted by Gasteiger charge is 2.21. The quantitative estimate of drug-likeness (QED) is 0.917. The van der Waals surface area contributed by atoms with Crippen LogP contribution in [0.5, 0.6) is 5.75 Å². The van der Waals surface area contributed by atoms with Crippen molar-refractivity contribution in [1.29, 1.82) is 0 Å². The van der Waals surface area contributed by atoms with E-state index in [9.17, 15) is 0 Å². The van der Waals surface area contributed by atoms with Crippen LogP contribution in [-0.4, -0.2) is 6.04 Å². The van der Waals surface area contributed by atoms with Crippen molar-refractivity contribution in [3.8, 4) is 5.75 Å². The van der Waals surface area contributed by atoms with Gasteiger partial charge in [0.1, 0.15) is 11.5 Å². The highest BCUT2D eigenvalue weighted by molar-refractivity contribution is 6.31. The largest absolute Gasteiger partial charge is 0.481 e. The summed E-state index contributed by atoms with van der Waals surface area (Å²) in [5.74, 6) is 1.45. The van der Waals surface area contributed by atoms with Gasteiger partial charge in [0.2, 0.25) is 0 Å². The first-order valence-corrected chi connectivity index (χ1v) is 6.17. The van der Waals surface area contributed by atoms with Gasteiger partial charge in [-0.25, -0.2) is 0 Å². The lowest BCUT2D eigenvalue weighted by Crippen LogP contribution is -2.28. The van der Waals surface area contributed by atoms with Crippen molar-refractivity contribution < 1.29 is 9.15 Å². The van der Waals surface area contributed by atoms with E-state index < -0.39 is 0 Å². The van der Waals surface area contributed by atoms with Crippen molar-refractivity contribution in [1.82, 2.24) is 0 Å². The molecule has 0 aliphatic carbocycles. The molecular weight excluding hydrogens is 250 g/mol. The van der Waals surface area contributed by atoms with Gasteiger partial charge in [0.05, 0.1) is 6.26 Å². The second-order valence-electron chi connectivity index (χ2n) is 4.32. The standard InChI is InChI=1S/C14H16ClNO2/c1-9-8-11(5-6-12(9)15)18-14(10(2)16)13-4-3-7-17-13/h3-8,10,14H,16H2,1-2H3. The molecule has 0 saturated heterocycles. The van der Waals surface area contributed by atoms with Gasteiger partial charge in [0, 0.05) is 11.1 Å². The van der Waals surface area contributed by atoms with Crippen LogP contribution in [-0.2, 0) is 0 Å². The lowest BCUT2D eigenvalue weighted by Gasteiger charge is -2.20. The first-order chi connectivity index (χ1) is 8.58. The molecule has 0 fully saturated rings. The Morgan fingerprint density at radius 2 is 2.11 bits per heavy atom. The van der Waals surface area contributed by atoms with Crippen molar-refractivity contribution in [2.24, 2.45) is 5.73 Å². The molecule has 0 spiro atoms. The van der Waals surface area contributed by atoms with Gasteiger partial charge in [0.25, 0.3) is 0 Å². The maximum atomic E-state index is 5.98. The molecule has 0 amide bonds. The van der Waals surface area contributed by atoms with Crippen LogP contribution in [0, 0.1) is 6.92 Å². The van der Waals surface area contributed by atoms with Gasteiger partial charge in [0.15, 0.2) is 6.10 Å². The number of nitrogens with two attached hydrogens (primary N) is 1. The molecule has 4 heteroatoms. The number of ether oxygens (including phenoxy) is 1. The van der Waals surface area contributed by atoms with E-state index in [2.05, 4.69) is 0 Å². The summed E-state index contributed by atoms with van der Waals surface area (Å²) in [6.45, 7) is 3.82. The topological polar surface area (TPSA) is 48.4 Å². The Kier molecular flexibility index (Phi) is 3.94. The van der Waals surface area contributed by atoms with Gasteiger partial charge in [-0.05, 0) is 49.7 Å². The fourth-order valence-electron chi connectivity index (χ4n) is 1.71. The van der Waals surface area contributed by atoms with Crippen LogP contribution in [0.3, 0.4) is 0 Å². The molecule has 3 nitrogen and oxygen atoms in total. The van der Waals surface area contributed by atoms with Crippen molar-refractivity contribution in [2.45, 2.75) is 26.0 Å². The Balaban J connectivity index is 2.21. The third-order valence-corrected chi connectivity index (χ3v) is 3.12. The first kappa shape index (κ1) is 13.0. The maximum absolute atomic E-state index is 5.98. The molecule has 2 N–H and O–H groups in total. The average molecular weight is 266 g/mol. The summed E-state index contributed by atoms with van der Waals surface area (Å²) in [5, 5.41) is 0.720. The minimum absolute atomic E-state index is 0.174. The molecule has 2 atom stereocenters. The zero-order valence-corrected chi connectivity index (χ0v) is 11.1. The molecule has 0 aliphatic rings. The lowest BCUT2D eigenvalue weighted by molar-refractivity contribution is 0.153. The molecule has 18 heavy (non-hydrogen) atoms. The molecule has 0 radical (unpaired) electrons. The predicted octanol–water partition coefficient (Wildman–Crippen LogP) is 3.71. The van der Waals surface area contributed by atoms with Crippen LogP contribution in [0.25, 0.3) is 0 Å². The van der Waals surface area contributed by atoms with Crippen LogP contribution in [0.1, 0.15) is 24.4 Å². The van der Waals surface area contributed by atoms with Crippen molar-refractivity contribution in [3.63, 3.8) is 0 Å². The predicted molar refractivity (Wildman–Crippen MR) is 71.9 cm³/mol. The summed E-state index contributed by atoms with van der Waals surface area (Å²) in [4.78, 5) is 0. The molecule has 2 rings (SSSR count). The van der Waals surface area contributed by atoms with E-state index in [4.69, 9.17) is 26.5 Å². The third kappa shape index (κ3) is 2.86. The molecule has 2 aromatic rings. The molecule has 0 aliphatic heterocycles. The van der Waals surface area contributed by atoms with Gasteiger partial charge in [-0.1, -0.05) is 11.6 Å². The molecule has 1 aromatic carbocycles. The second-order valence-corrected chi connectivity index (χ2v) is 4.73. The number of hydrogen-bond donors (Lipinski definition) is 1. The van der Waals surface area contributed by atoms with E-state index in [-0.39, 0.29) is 12.1 Å². The Morgan fingerprint density at radius 3 is 2.67 bits per heavy atom. The van der Waals surface area contributed by atoms with E-state index >= 15 is 0 Å². The summed E-state index contributed by atoms with van der Waals surface area (Å²) in [6, 6.07) is 9.03. The molecule has 1 heterocycles. The van der Waals surface area contributed by atoms with Crippen LogP contribution in [0.2, 0.25) is 5.02 Å². The maximum Gasteiger partial charge on any atom is 0.171 e. The number of rotatable bonds is 4. The summed E-state index contributed by atoms with van der Waals surface area (Å²) < 4.78 is 11.2. The highest BCUT2D eigenvalue weighted by Crippen LogP contribution is 2.27. The Bertz CT molecular complexity index is 509. The smallest absolute Gasteiger partial charge is 0.171 e. The van der Waals surface area contributed by atoms with Crippen LogP contribution < -0.4 is 10.5 Å². The zero-order valence-electron chi connectivity index (χ0n) is 10.4. The van der Waals surface area contributed by atoms with Gasteiger partial charge in [-0.15, -0.1) is 0 Å². The van der Waals surface area contributed by atoms with Gasteiger partial charge >= 0.3 is 0 Å². The van der Waals surface area contributed by atoms with Crippen LogP contribution in [0.15, 0.2) is 41.0 Å². The summed E-state index contributed by atoms with van der Waals surface area (Å²) in [6.07, 6.45) is 1.31. The zero-order chi connectivity index (χ0) is 13.1. The number of benzene rings is 1. The van der Waals surface area contributed by atoms with Gasteiger partial charge < -0.3 is 14.9 Å². The van der Waals surface area contributed by atoms with Crippen LogP contribution in [0.4, 0.5) is 0 Å². The van der Waals surface area contributed by atoms with E-state index in [1.807, 2.05) is 44.2 Å².